The quantitative estimate of drug-likeness (QED) is 0.570. The molecule has 0 saturated carbocycles. The summed E-state index contributed by atoms with van der Waals surface area (Å²) in [6.45, 7) is 10.9. The molecule has 1 nitrogen and oxygen atoms in total. The maximum Gasteiger partial charge on any atom is 0.0601 e. The molecule has 0 aliphatic rings. The SMILES string of the molecule is C#CCN(CC(C)C)C(CC)CC. The smallest absolute Gasteiger partial charge is 0.0601 e. The van der Waals surface area contributed by atoms with E-state index in [9.17, 15) is 0 Å². The topological polar surface area (TPSA) is 3.24 Å². The molecule has 0 radical (unpaired) electrons. The van der Waals surface area contributed by atoms with Gasteiger partial charge in [0.25, 0.3) is 0 Å². The summed E-state index contributed by atoms with van der Waals surface area (Å²) in [4.78, 5) is 2.42. The minimum Gasteiger partial charge on any atom is -0.289 e. The van der Waals surface area contributed by atoms with Crippen molar-refractivity contribution in [3.63, 3.8) is 0 Å². The summed E-state index contributed by atoms with van der Waals surface area (Å²) in [6.07, 6.45) is 7.76. The fourth-order valence-electron chi connectivity index (χ4n) is 1.73. The Bertz CT molecular complexity index is 151. The summed E-state index contributed by atoms with van der Waals surface area (Å²) >= 11 is 0. The minimum absolute atomic E-state index is 0.665. The van der Waals surface area contributed by atoms with Crippen molar-refractivity contribution in [3.8, 4) is 12.3 Å². The molecule has 0 aromatic rings. The van der Waals surface area contributed by atoms with Gasteiger partial charge in [0.1, 0.15) is 0 Å². The average Bonchev–Trinajstić information content (AvgIpc) is 2.05. The summed E-state index contributed by atoms with van der Waals surface area (Å²) in [6, 6.07) is 0.665. The molecule has 0 fully saturated rings. The van der Waals surface area contributed by atoms with Crippen molar-refractivity contribution in [2.45, 2.75) is 46.6 Å². The predicted octanol–water partition coefficient (Wildman–Crippen LogP) is 2.77. The fraction of sp³-hybridized carbons (Fsp3) is 0.833. The highest BCUT2D eigenvalue weighted by Gasteiger charge is 2.14. The third-order valence-corrected chi connectivity index (χ3v) is 2.35. The molecule has 0 aromatic carbocycles. The Morgan fingerprint density at radius 1 is 1.23 bits per heavy atom. The molecule has 0 bridgehead atoms. The standard InChI is InChI=1S/C12H23N/c1-6-9-13(10-11(4)5)12(7-2)8-3/h1,11-12H,7-10H2,2-5H3. The van der Waals surface area contributed by atoms with Crippen molar-refractivity contribution in [2.75, 3.05) is 13.1 Å². The van der Waals surface area contributed by atoms with E-state index in [4.69, 9.17) is 6.42 Å². The van der Waals surface area contributed by atoms with Gasteiger partial charge < -0.3 is 0 Å². The zero-order valence-electron chi connectivity index (χ0n) is 9.51. The Hall–Kier alpha value is -0.480. The molecule has 0 heterocycles. The summed E-state index contributed by atoms with van der Waals surface area (Å²) in [5.74, 6) is 3.45. The maximum absolute atomic E-state index is 5.36. The second-order valence-electron chi connectivity index (χ2n) is 4.00. The summed E-state index contributed by atoms with van der Waals surface area (Å²) < 4.78 is 0. The predicted molar refractivity (Wildman–Crippen MR) is 59.6 cm³/mol. The van der Waals surface area contributed by atoms with Crippen molar-refractivity contribution in [1.82, 2.24) is 4.90 Å². The average molecular weight is 181 g/mol. The molecule has 0 N–H and O–H groups in total. The first-order valence-electron chi connectivity index (χ1n) is 5.33. The van der Waals surface area contributed by atoms with Crippen LogP contribution in [0, 0.1) is 18.3 Å². The molecule has 0 atom stereocenters. The van der Waals surface area contributed by atoms with Crippen LogP contribution >= 0.6 is 0 Å². The second-order valence-corrected chi connectivity index (χ2v) is 4.00. The zero-order chi connectivity index (χ0) is 10.3. The lowest BCUT2D eigenvalue weighted by molar-refractivity contribution is 0.187. The van der Waals surface area contributed by atoms with Crippen LogP contribution in [0.4, 0.5) is 0 Å². The van der Waals surface area contributed by atoms with E-state index in [0.29, 0.717) is 12.0 Å². The first kappa shape index (κ1) is 12.5. The Kier molecular flexibility index (Phi) is 6.72. The largest absolute Gasteiger partial charge is 0.289 e. The third kappa shape index (κ3) is 4.95. The van der Waals surface area contributed by atoms with E-state index in [1.54, 1.807) is 0 Å². The summed E-state index contributed by atoms with van der Waals surface area (Å²) in [7, 11) is 0. The molecular weight excluding hydrogens is 158 g/mol. The van der Waals surface area contributed by atoms with Crippen molar-refractivity contribution in [2.24, 2.45) is 5.92 Å². The van der Waals surface area contributed by atoms with Gasteiger partial charge in [0, 0.05) is 12.6 Å². The van der Waals surface area contributed by atoms with Crippen molar-refractivity contribution in [1.29, 1.82) is 0 Å². The normalized spacial score (nSPS) is 11.2. The van der Waals surface area contributed by atoms with Crippen LogP contribution in [0.3, 0.4) is 0 Å². The molecule has 0 saturated heterocycles. The molecule has 0 amide bonds. The third-order valence-electron chi connectivity index (χ3n) is 2.35. The molecule has 0 unspecified atom stereocenters. The fourth-order valence-corrected chi connectivity index (χ4v) is 1.73. The summed E-state index contributed by atoms with van der Waals surface area (Å²) in [5, 5.41) is 0. The van der Waals surface area contributed by atoms with Crippen molar-refractivity contribution >= 4 is 0 Å². The van der Waals surface area contributed by atoms with E-state index < -0.39 is 0 Å². The van der Waals surface area contributed by atoms with E-state index in [1.165, 1.54) is 12.8 Å². The molecule has 0 rings (SSSR count). The van der Waals surface area contributed by atoms with Gasteiger partial charge in [-0.15, -0.1) is 6.42 Å². The number of hydrogen-bond donors (Lipinski definition) is 0. The van der Waals surface area contributed by atoms with Gasteiger partial charge in [0.05, 0.1) is 6.54 Å². The van der Waals surface area contributed by atoms with E-state index in [2.05, 4.69) is 38.5 Å². The van der Waals surface area contributed by atoms with E-state index >= 15 is 0 Å². The minimum atomic E-state index is 0.665. The molecule has 1 heteroatoms. The molecule has 0 aliphatic heterocycles. The Labute approximate surface area is 83.5 Å². The van der Waals surface area contributed by atoms with E-state index in [1.807, 2.05) is 0 Å². The van der Waals surface area contributed by atoms with Crippen LogP contribution < -0.4 is 0 Å². The highest BCUT2D eigenvalue weighted by molar-refractivity contribution is 4.90. The Morgan fingerprint density at radius 2 is 1.77 bits per heavy atom. The lowest BCUT2D eigenvalue weighted by atomic mass is 10.1. The van der Waals surface area contributed by atoms with Crippen LogP contribution in [0.5, 0.6) is 0 Å². The summed E-state index contributed by atoms with van der Waals surface area (Å²) in [5.41, 5.74) is 0. The monoisotopic (exact) mass is 181 g/mol. The van der Waals surface area contributed by atoms with E-state index in [-0.39, 0.29) is 0 Å². The van der Waals surface area contributed by atoms with Gasteiger partial charge in [-0.2, -0.15) is 0 Å². The van der Waals surface area contributed by atoms with Crippen LogP contribution in [0.2, 0.25) is 0 Å². The van der Waals surface area contributed by atoms with Gasteiger partial charge in [-0.1, -0.05) is 33.6 Å². The van der Waals surface area contributed by atoms with Crippen LogP contribution in [0.25, 0.3) is 0 Å². The van der Waals surface area contributed by atoms with Gasteiger partial charge in [0.2, 0.25) is 0 Å². The number of nitrogens with zero attached hydrogens (tertiary/aromatic N) is 1. The molecular formula is C12H23N. The molecule has 76 valence electrons. The lowest BCUT2D eigenvalue weighted by Crippen LogP contribution is -2.37. The molecule has 0 spiro atoms. The van der Waals surface area contributed by atoms with Crippen LogP contribution in [-0.4, -0.2) is 24.0 Å². The van der Waals surface area contributed by atoms with Crippen LogP contribution in [0.15, 0.2) is 0 Å². The maximum atomic E-state index is 5.36. The van der Waals surface area contributed by atoms with Gasteiger partial charge in [-0.3, -0.25) is 4.90 Å². The van der Waals surface area contributed by atoms with Crippen LogP contribution in [0.1, 0.15) is 40.5 Å². The van der Waals surface area contributed by atoms with Gasteiger partial charge in [0.15, 0.2) is 0 Å². The highest BCUT2D eigenvalue weighted by atomic mass is 15.1. The Morgan fingerprint density at radius 3 is 2.08 bits per heavy atom. The Balaban J connectivity index is 4.13. The van der Waals surface area contributed by atoms with E-state index in [0.717, 1.165) is 13.1 Å². The van der Waals surface area contributed by atoms with Crippen molar-refractivity contribution < 1.29 is 0 Å². The molecule has 0 aliphatic carbocycles. The number of rotatable bonds is 6. The van der Waals surface area contributed by atoms with Gasteiger partial charge >= 0.3 is 0 Å². The highest BCUT2D eigenvalue weighted by Crippen LogP contribution is 2.10. The van der Waals surface area contributed by atoms with Gasteiger partial charge in [-0.05, 0) is 18.8 Å². The number of terminal acetylenes is 1. The first-order valence-corrected chi connectivity index (χ1v) is 5.33. The molecule has 0 aromatic heterocycles. The number of hydrogen-bond acceptors (Lipinski definition) is 1. The lowest BCUT2D eigenvalue weighted by Gasteiger charge is -2.29. The molecule has 13 heavy (non-hydrogen) atoms. The van der Waals surface area contributed by atoms with Crippen molar-refractivity contribution in [3.05, 3.63) is 0 Å². The second kappa shape index (κ2) is 6.97. The zero-order valence-corrected chi connectivity index (χ0v) is 9.51. The van der Waals surface area contributed by atoms with Crippen LogP contribution in [-0.2, 0) is 0 Å². The first-order chi connectivity index (χ1) is 6.15. The van der Waals surface area contributed by atoms with Gasteiger partial charge in [-0.25, -0.2) is 0 Å².